The van der Waals surface area contributed by atoms with Crippen LogP contribution in [0.15, 0.2) is 72.5 Å². The van der Waals surface area contributed by atoms with E-state index in [1.165, 1.54) is 25.1 Å². The van der Waals surface area contributed by atoms with Crippen molar-refractivity contribution in [2.75, 3.05) is 0 Å². The zero-order chi connectivity index (χ0) is 32.3. The third-order valence-electron chi connectivity index (χ3n) is 7.10. The molecule has 4 rings (SSSR count). The number of benzene rings is 3. The Kier molecular flexibility index (Phi) is 9.22. The summed E-state index contributed by atoms with van der Waals surface area (Å²) in [7, 11) is 0. The number of carbonyl (C=O) groups excluding carboxylic acids is 2. The lowest BCUT2D eigenvalue weighted by Crippen LogP contribution is -2.41. The van der Waals surface area contributed by atoms with E-state index in [-0.39, 0.29) is 29.0 Å². The molecule has 2 N–H and O–H groups in total. The maximum atomic E-state index is 15.6. The van der Waals surface area contributed by atoms with Crippen LogP contribution >= 0.6 is 0 Å². The molecule has 0 aromatic heterocycles. The molecule has 2 atom stereocenters. The topological polar surface area (TPSA) is 95.9 Å². The first kappa shape index (κ1) is 31.9. The van der Waals surface area contributed by atoms with Gasteiger partial charge in [0.2, 0.25) is 12.3 Å². The summed E-state index contributed by atoms with van der Waals surface area (Å²) in [6, 6.07) is 7.81. The fourth-order valence-corrected chi connectivity index (χ4v) is 5.02. The van der Waals surface area contributed by atoms with Gasteiger partial charge in [-0.3, -0.25) is 14.4 Å². The molecular formula is C32H27F5N2O5. The number of carboxylic acid groups (broad SMARTS) is 1. The Hall–Kier alpha value is -5.00. The van der Waals surface area contributed by atoms with Crippen molar-refractivity contribution in [2.24, 2.45) is 0 Å². The highest BCUT2D eigenvalue weighted by atomic mass is 19.4. The van der Waals surface area contributed by atoms with Gasteiger partial charge >= 0.3 is 12.1 Å². The predicted molar refractivity (Wildman–Crippen MR) is 151 cm³/mol. The van der Waals surface area contributed by atoms with Crippen molar-refractivity contribution in [2.45, 2.75) is 45.5 Å². The van der Waals surface area contributed by atoms with Crippen molar-refractivity contribution in [1.29, 1.82) is 0 Å². The van der Waals surface area contributed by atoms with Crippen LogP contribution in [0, 0.1) is 25.5 Å². The van der Waals surface area contributed by atoms with Crippen molar-refractivity contribution >= 4 is 18.3 Å². The summed E-state index contributed by atoms with van der Waals surface area (Å²) < 4.78 is 77.3. The highest BCUT2D eigenvalue weighted by molar-refractivity contribution is 5.87. The van der Waals surface area contributed by atoms with Crippen LogP contribution in [0.1, 0.15) is 47.7 Å². The Morgan fingerprint density at radius 3 is 2.43 bits per heavy atom. The van der Waals surface area contributed by atoms with E-state index in [1.54, 1.807) is 25.1 Å². The van der Waals surface area contributed by atoms with Crippen LogP contribution in [-0.4, -0.2) is 34.5 Å². The van der Waals surface area contributed by atoms with Gasteiger partial charge in [-0.2, -0.15) is 13.2 Å². The Labute approximate surface area is 249 Å². The van der Waals surface area contributed by atoms with Crippen molar-refractivity contribution < 1.29 is 46.2 Å². The standard InChI is InChI=1S/C32H27F5N2O5/c1-4-20(32(35,36)37)10-11-39(16-40)30-22-14-21(8-9-24(22)33)44-26-7-5-6-17(2)28(26)19-12-18(3)29(34)23(13-19)25(15-27(41)42)38-31(30)43/h4-14,16,25,30H,15H2,1-3H3,(H,38,43)(H,41,42)/b11-10-,20-4+/t25-,30?/m0/s1. The van der Waals surface area contributed by atoms with Crippen molar-refractivity contribution in [1.82, 2.24) is 10.2 Å². The highest BCUT2D eigenvalue weighted by Crippen LogP contribution is 2.40. The van der Waals surface area contributed by atoms with Gasteiger partial charge in [-0.15, -0.1) is 0 Å². The number of carboxylic acids is 1. The molecule has 1 aliphatic rings. The van der Waals surface area contributed by atoms with E-state index >= 15 is 8.78 Å². The van der Waals surface area contributed by atoms with Crippen molar-refractivity contribution in [3.63, 3.8) is 0 Å². The largest absolute Gasteiger partial charge is 0.481 e. The van der Waals surface area contributed by atoms with E-state index in [0.717, 1.165) is 25.1 Å². The van der Waals surface area contributed by atoms with Crippen LogP contribution in [0.3, 0.4) is 0 Å². The lowest BCUT2D eigenvalue weighted by molar-refractivity contribution is -0.138. The first-order valence-corrected chi connectivity index (χ1v) is 13.3. The molecule has 44 heavy (non-hydrogen) atoms. The third-order valence-corrected chi connectivity index (χ3v) is 7.10. The normalized spacial score (nSPS) is 17.0. The van der Waals surface area contributed by atoms with Crippen LogP contribution in [0.5, 0.6) is 11.5 Å². The monoisotopic (exact) mass is 614 g/mol. The molecule has 12 heteroatoms. The Bertz CT molecular complexity index is 1680. The molecule has 230 valence electrons. The number of hydrogen-bond donors (Lipinski definition) is 2. The lowest BCUT2D eigenvalue weighted by Gasteiger charge is -2.28. The van der Waals surface area contributed by atoms with E-state index in [9.17, 15) is 32.7 Å². The number of nitrogens with one attached hydrogen (secondary N) is 1. The second-order valence-corrected chi connectivity index (χ2v) is 10.1. The van der Waals surface area contributed by atoms with Gasteiger partial charge in [-0.25, -0.2) is 8.78 Å². The van der Waals surface area contributed by atoms with Gasteiger partial charge in [0.25, 0.3) is 0 Å². The Morgan fingerprint density at radius 2 is 1.80 bits per heavy atom. The minimum atomic E-state index is -4.80. The number of ether oxygens (including phenoxy) is 1. The van der Waals surface area contributed by atoms with Gasteiger partial charge in [0.15, 0.2) is 0 Å². The second kappa shape index (κ2) is 12.7. The number of halogens is 5. The van der Waals surface area contributed by atoms with Crippen molar-refractivity contribution in [3.8, 4) is 22.6 Å². The molecule has 1 heterocycles. The number of allylic oxidation sites excluding steroid dienone is 3. The number of rotatable bonds is 6. The molecule has 0 spiro atoms. The molecule has 1 unspecified atom stereocenters. The van der Waals surface area contributed by atoms with E-state index in [4.69, 9.17) is 4.74 Å². The molecule has 3 aromatic carbocycles. The molecule has 0 fully saturated rings. The Morgan fingerprint density at radius 1 is 1.07 bits per heavy atom. The van der Waals surface area contributed by atoms with Gasteiger partial charge in [0.05, 0.1) is 18.0 Å². The third kappa shape index (κ3) is 6.64. The highest BCUT2D eigenvalue weighted by Gasteiger charge is 2.35. The summed E-state index contributed by atoms with van der Waals surface area (Å²) in [5.74, 6) is -4.15. The second-order valence-electron chi connectivity index (χ2n) is 10.1. The molecule has 3 aromatic rings. The fourth-order valence-electron chi connectivity index (χ4n) is 5.02. The number of aliphatic carboxylic acids is 1. The molecule has 0 saturated heterocycles. The van der Waals surface area contributed by atoms with E-state index in [1.807, 2.05) is 0 Å². The van der Waals surface area contributed by atoms with Gasteiger partial charge in [0.1, 0.15) is 29.2 Å². The van der Waals surface area contributed by atoms with Crippen LogP contribution in [0.2, 0.25) is 0 Å². The maximum Gasteiger partial charge on any atom is 0.416 e. The number of nitrogens with zero attached hydrogens (tertiary/aromatic N) is 1. The first-order valence-electron chi connectivity index (χ1n) is 13.3. The SMILES string of the molecule is C/C=C(\C=C/N(C=O)C1C(=O)N[C@@H](CC(=O)O)c2cc(cc(C)c2F)-c2c(C)cccc2Oc2ccc(F)c1c2)C(F)(F)F. The van der Waals surface area contributed by atoms with Gasteiger partial charge in [0, 0.05) is 22.9 Å². The van der Waals surface area contributed by atoms with E-state index < -0.39 is 59.3 Å². The average molecular weight is 615 g/mol. The summed E-state index contributed by atoms with van der Waals surface area (Å²) >= 11 is 0. The number of hydrogen-bond acceptors (Lipinski definition) is 4. The van der Waals surface area contributed by atoms with E-state index in [0.29, 0.717) is 33.9 Å². The van der Waals surface area contributed by atoms with Crippen molar-refractivity contribution in [3.05, 3.63) is 106 Å². The average Bonchev–Trinajstić information content (AvgIpc) is 2.94. The molecule has 2 amide bonds. The maximum absolute atomic E-state index is 15.6. The zero-order valence-corrected chi connectivity index (χ0v) is 23.7. The quantitative estimate of drug-likeness (QED) is 0.174. The number of fused-ring (bicyclic) bond motifs is 6. The molecule has 7 nitrogen and oxygen atoms in total. The molecular weight excluding hydrogens is 587 g/mol. The Balaban J connectivity index is 2.01. The zero-order valence-electron chi connectivity index (χ0n) is 23.7. The lowest BCUT2D eigenvalue weighted by atomic mass is 9.92. The van der Waals surface area contributed by atoms with Gasteiger partial charge < -0.3 is 20.1 Å². The number of aryl methyl sites for hydroxylation is 2. The summed E-state index contributed by atoms with van der Waals surface area (Å²) in [4.78, 5) is 38.4. The van der Waals surface area contributed by atoms with Crippen LogP contribution in [-0.2, 0) is 14.4 Å². The van der Waals surface area contributed by atoms with Gasteiger partial charge in [-0.1, -0.05) is 18.2 Å². The molecule has 4 bridgehead atoms. The smallest absolute Gasteiger partial charge is 0.416 e. The summed E-state index contributed by atoms with van der Waals surface area (Å²) in [6.45, 7) is 4.35. The summed E-state index contributed by atoms with van der Waals surface area (Å²) in [5, 5.41) is 12.1. The minimum Gasteiger partial charge on any atom is -0.481 e. The summed E-state index contributed by atoms with van der Waals surface area (Å²) in [6.07, 6.45) is -3.68. The molecule has 0 aliphatic carbocycles. The number of carbonyl (C=O) groups is 3. The minimum absolute atomic E-state index is 0.0192. The molecule has 0 saturated carbocycles. The fraction of sp³-hybridized carbons (Fsp3) is 0.219. The molecule has 0 radical (unpaired) electrons. The van der Waals surface area contributed by atoms with Crippen LogP contribution < -0.4 is 10.1 Å². The predicted octanol–water partition coefficient (Wildman–Crippen LogP) is 7.21. The summed E-state index contributed by atoms with van der Waals surface area (Å²) in [5.41, 5.74) is -0.0566. The van der Waals surface area contributed by atoms with Crippen LogP contribution in [0.4, 0.5) is 22.0 Å². The van der Waals surface area contributed by atoms with Gasteiger partial charge in [-0.05, 0) is 79.9 Å². The number of alkyl halides is 3. The van der Waals surface area contributed by atoms with E-state index in [2.05, 4.69) is 5.32 Å². The number of amides is 2. The van der Waals surface area contributed by atoms with Crippen LogP contribution in [0.25, 0.3) is 11.1 Å². The molecule has 1 aliphatic heterocycles. The first-order chi connectivity index (χ1) is 20.7.